The van der Waals surface area contributed by atoms with Crippen LogP contribution in [0.25, 0.3) is 6.08 Å². The monoisotopic (exact) mass is 450 g/mol. The van der Waals surface area contributed by atoms with E-state index in [1.165, 1.54) is 0 Å². The Balaban J connectivity index is 1.59. The quantitative estimate of drug-likeness (QED) is 0.502. The van der Waals surface area contributed by atoms with Crippen molar-refractivity contribution in [3.05, 3.63) is 105 Å². The number of benzene rings is 3. The van der Waals surface area contributed by atoms with Gasteiger partial charge in [-0.2, -0.15) is 0 Å². The lowest BCUT2D eigenvalue weighted by molar-refractivity contribution is 0.0697. The molecule has 4 rings (SSSR count). The molecule has 0 fully saturated rings. The number of para-hydroxylation sites is 1. The third-order valence-corrected chi connectivity index (χ3v) is 5.86. The van der Waals surface area contributed by atoms with Crippen LogP contribution in [-0.2, 0) is 6.54 Å². The average molecular weight is 451 g/mol. The number of allylic oxidation sites excluding steroid dienone is 1. The molecular weight excluding hydrogens is 431 g/mol. The van der Waals surface area contributed by atoms with Gasteiger partial charge >= 0.3 is 5.97 Å². The third-order valence-electron chi connectivity index (χ3n) is 5.12. The van der Waals surface area contributed by atoms with Gasteiger partial charge in [0.2, 0.25) is 0 Å². The molecule has 0 saturated heterocycles. The summed E-state index contributed by atoms with van der Waals surface area (Å²) in [6.07, 6.45) is 3.99. The summed E-state index contributed by atoms with van der Waals surface area (Å²) >= 11 is 12.1. The minimum absolute atomic E-state index is 0.290. The number of benzodiazepines with no additional fused rings is 1. The molecule has 0 unspecified atom stereocenters. The van der Waals surface area contributed by atoms with Gasteiger partial charge in [0.25, 0.3) is 0 Å². The second kappa shape index (κ2) is 9.38. The van der Waals surface area contributed by atoms with Crippen LogP contribution in [0.3, 0.4) is 0 Å². The summed E-state index contributed by atoms with van der Waals surface area (Å²) < 4.78 is 0. The van der Waals surface area contributed by atoms with Gasteiger partial charge in [-0.15, -0.1) is 0 Å². The molecule has 0 radical (unpaired) electrons. The Labute approximate surface area is 191 Å². The zero-order chi connectivity index (χ0) is 21.8. The lowest BCUT2D eigenvalue weighted by Crippen LogP contribution is -2.25. The fourth-order valence-corrected chi connectivity index (χ4v) is 3.84. The Bertz CT molecular complexity index is 1170. The van der Waals surface area contributed by atoms with Gasteiger partial charge in [0.1, 0.15) is 0 Å². The smallest absolute Gasteiger partial charge is 0.335 e. The van der Waals surface area contributed by atoms with E-state index in [9.17, 15) is 4.79 Å². The first-order chi connectivity index (χ1) is 15.0. The molecule has 3 aromatic rings. The Morgan fingerprint density at radius 2 is 1.77 bits per heavy atom. The maximum absolute atomic E-state index is 11.1. The van der Waals surface area contributed by atoms with E-state index < -0.39 is 5.97 Å². The van der Waals surface area contributed by atoms with Crippen LogP contribution in [0, 0.1) is 0 Å². The number of hydrogen-bond acceptors (Lipinski definition) is 3. The summed E-state index contributed by atoms with van der Waals surface area (Å²) in [5.41, 5.74) is 5.35. The van der Waals surface area contributed by atoms with Gasteiger partial charge in [0.05, 0.1) is 27.9 Å². The molecule has 0 saturated carbocycles. The Hall–Kier alpha value is -3.08. The zero-order valence-electron chi connectivity index (χ0n) is 16.6. The number of nitrogens with zero attached hydrogens (tertiary/aromatic N) is 2. The number of halogens is 2. The van der Waals surface area contributed by atoms with Crippen LogP contribution in [0.1, 0.15) is 27.0 Å². The Morgan fingerprint density at radius 1 is 1.00 bits per heavy atom. The van der Waals surface area contributed by atoms with Gasteiger partial charge in [0, 0.05) is 24.3 Å². The van der Waals surface area contributed by atoms with Crippen LogP contribution in [0.15, 0.2) is 77.8 Å². The molecule has 1 aliphatic heterocycles. The van der Waals surface area contributed by atoms with Crippen molar-refractivity contribution in [3.63, 3.8) is 0 Å². The van der Waals surface area contributed by atoms with E-state index in [4.69, 9.17) is 33.3 Å². The number of carboxylic acid groups (broad SMARTS) is 1. The molecule has 1 N–H and O–H groups in total. The molecule has 4 nitrogen and oxygen atoms in total. The summed E-state index contributed by atoms with van der Waals surface area (Å²) in [6, 6.07) is 20.7. The molecule has 0 spiro atoms. The van der Waals surface area contributed by atoms with Gasteiger partial charge in [-0.1, -0.05) is 65.7 Å². The third kappa shape index (κ3) is 4.98. The molecule has 31 heavy (non-hydrogen) atoms. The van der Waals surface area contributed by atoms with E-state index >= 15 is 0 Å². The van der Waals surface area contributed by atoms with Gasteiger partial charge < -0.3 is 10.0 Å². The summed E-state index contributed by atoms with van der Waals surface area (Å²) in [7, 11) is 0. The van der Waals surface area contributed by atoms with Crippen molar-refractivity contribution >= 4 is 46.6 Å². The second-order valence-electron chi connectivity index (χ2n) is 7.21. The number of rotatable bonds is 5. The summed E-state index contributed by atoms with van der Waals surface area (Å²) in [4.78, 5) is 18.2. The van der Waals surface area contributed by atoms with Gasteiger partial charge in [-0.3, -0.25) is 4.99 Å². The van der Waals surface area contributed by atoms with Crippen molar-refractivity contribution in [3.8, 4) is 0 Å². The predicted molar refractivity (Wildman–Crippen MR) is 128 cm³/mol. The van der Waals surface area contributed by atoms with E-state index in [1.807, 2.05) is 48.6 Å². The lowest BCUT2D eigenvalue weighted by Gasteiger charge is -2.25. The van der Waals surface area contributed by atoms with E-state index in [2.05, 4.69) is 17.0 Å². The minimum Gasteiger partial charge on any atom is -0.478 e. The van der Waals surface area contributed by atoms with Crippen molar-refractivity contribution < 1.29 is 9.90 Å². The summed E-state index contributed by atoms with van der Waals surface area (Å²) in [5, 5.41) is 10.2. The van der Waals surface area contributed by atoms with Crippen LogP contribution in [0.2, 0.25) is 10.0 Å². The molecule has 0 amide bonds. The van der Waals surface area contributed by atoms with Gasteiger partial charge in [0.15, 0.2) is 0 Å². The Morgan fingerprint density at radius 3 is 2.52 bits per heavy atom. The minimum atomic E-state index is -0.918. The maximum atomic E-state index is 11.1. The number of carbonyl (C=O) groups is 1. The standard InChI is InChI=1S/C25H20Cl2N2O2/c26-21-11-7-17(15-22(21)27)8-12-23-20-3-1-2-4-24(20)29(14-13-28-23)16-18-5-9-19(10-6-18)25(30)31/h1-12,15H,13-14,16H2,(H,30,31). The maximum Gasteiger partial charge on any atom is 0.335 e. The summed E-state index contributed by atoms with van der Waals surface area (Å²) in [6.45, 7) is 2.10. The number of aromatic carboxylic acids is 1. The number of hydrogen-bond donors (Lipinski definition) is 1. The van der Waals surface area contributed by atoms with E-state index in [0.717, 1.165) is 34.6 Å². The van der Waals surface area contributed by atoms with Crippen molar-refractivity contribution in [2.24, 2.45) is 4.99 Å². The molecule has 156 valence electrons. The van der Waals surface area contributed by atoms with Crippen molar-refractivity contribution in [1.82, 2.24) is 0 Å². The average Bonchev–Trinajstić information content (AvgIpc) is 2.94. The first-order valence-electron chi connectivity index (χ1n) is 9.85. The highest BCUT2D eigenvalue weighted by atomic mass is 35.5. The molecule has 6 heteroatoms. The van der Waals surface area contributed by atoms with Crippen molar-refractivity contribution in [2.45, 2.75) is 6.54 Å². The Kier molecular flexibility index (Phi) is 6.40. The van der Waals surface area contributed by atoms with Crippen LogP contribution in [-0.4, -0.2) is 29.9 Å². The molecule has 1 heterocycles. The molecule has 0 aromatic heterocycles. The van der Waals surface area contributed by atoms with Crippen molar-refractivity contribution in [1.29, 1.82) is 0 Å². The molecule has 3 aromatic carbocycles. The summed E-state index contributed by atoms with van der Waals surface area (Å²) in [5.74, 6) is -0.918. The van der Waals surface area contributed by atoms with E-state index in [-0.39, 0.29) is 5.56 Å². The highest BCUT2D eigenvalue weighted by Gasteiger charge is 2.17. The molecule has 0 aliphatic carbocycles. The zero-order valence-corrected chi connectivity index (χ0v) is 18.1. The number of carboxylic acids is 1. The lowest BCUT2D eigenvalue weighted by atomic mass is 10.0. The number of anilines is 1. The molecule has 0 bridgehead atoms. The fraction of sp³-hybridized carbons (Fsp3) is 0.120. The largest absolute Gasteiger partial charge is 0.478 e. The first kappa shape index (κ1) is 21.2. The molecular formula is C25H20Cl2N2O2. The predicted octanol–water partition coefficient (Wildman–Crippen LogP) is 6.21. The van der Waals surface area contributed by atoms with Gasteiger partial charge in [-0.05, 0) is 47.5 Å². The SMILES string of the molecule is O=C(O)c1ccc(CN2CCN=C(C=Cc3ccc(Cl)c(Cl)c3)c3ccccc32)cc1. The van der Waals surface area contributed by atoms with Crippen LogP contribution in [0.5, 0.6) is 0 Å². The first-order valence-corrected chi connectivity index (χ1v) is 10.6. The van der Waals surface area contributed by atoms with E-state index in [0.29, 0.717) is 23.1 Å². The molecule has 1 aliphatic rings. The van der Waals surface area contributed by atoms with Crippen LogP contribution >= 0.6 is 23.2 Å². The van der Waals surface area contributed by atoms with E-state index in [1.54, 1.807) is 18.2 Å². The van der Waals surface area contributed by atoms with Crippen LogP contribution in [0.4, 0.5) is 5.69 Å². The topological polar surface area (TPSA) is 52.9 Å². The van der Waals surface area contributed by atoms with Crippen molar-refractivity contribution in [2.75, 3.05) is 18.0 Å². The number of aliphatic imine (C=N–C) groups is 1. The highest BCUT2D eigenvalue weighted by molar-refractivity contribution is 6.42. The normalized spacial score (nSPS) is 13.6. The second-order valence-corrected chi connectivity index (χ2v) is 8.03. The number of fused-ring (bicyclic) bond motifs is 1. The highest BCUT2D eigenvalue weighted by Crippen LogP contribution is 2.27. The fourth-order valence-electron chi connectivity index (χ4n) is 3.53. The molecule has 0 atom stereocenters. The van der Waals surface area contributed by atoms with Crippen LogP contribution < -0.4 is 4.90 Å². The van der Waals surface area contributed by atoms with Gasteiger partial charge in [-0.25, -0.2) is 4.79 Å².